The van der Waals surface area contributed by atoms with Gasteiger partial charge in [-0.3, -0.25) is 4.79 Å². The fraction of sp³-hybridized carbons (Fsp3) is 0.174. The zero-order valence-corrected chi connectivity index (χ0v) is 15.9. The van der Waals surface area contributed by atoms with Crippen molar-refractivity contribution in [1.82, 2.24) is 0 Å². The fourth-order valence-corrected chi connectivity index (χ4v) is 3.16. The first kappa shape index (κ1) is 18.5. The zero-order chi connectivity index (χ0) is 19.4. The summed E-state index contributed by atoms with van der Waals surface area (Å²) in [5.74, 6) is 1.83. The summed E-state index contributed by atoms with van der Waals surface area (Å²) in [5.41, 5.74) is 2.68. The zero-order valence-electron chi connectivity index (χ0n) is 15.9. The van der Waals surface area contributed by atoms with Gasteiger partial charge in [0.15, 0.2) is 17.3 Å². The number of benzene rings is 3. The van der Waals surface area contributed by atoms with Gasteiger partial charge < -0.3 is 14.2 Å². The van der Waals surface area contributed by atoms with Crippen molar-refractivity contribution < 1.29 is 19.0 Å². The molecule has 0 aromatic heterocycles. The summed E-state index contributed by atoms with van der Waals surface area (Å²) >= 11 is 0. The topological polar surface area (TPSA) is 44.8 Å². The predicted octanol–water partition coefficient (Wildman–Crippen LogP) is 5.24. The van der Waals surface area contributed by atoms with E-state index in [4.69, 9.17) is 14.2 Å². The smallest absolute Gasteiger partial charge is 0.203 e. The maximum absolute atomic E-state index is 11.9. The molecule has 0 heterocycles. The first-order valence-electron chi connectivity index (χ1n) is 8.59. The third-order valence-electron chi connectivity index (χ3n) is 4.48. The van der Waals surface area contributed by atoms with Crippen molar-refractivity contribution in [2.45, 2.75) is 6.92 Å². The van der Waals surface area contributed by atoms with Crippen LogP contribution >= 0.6 is 0 Å². The van der Waals surface area contributed by atoms with Crippen LogP contribution in [0.2, 0.25) is 0 Å². The molecule has 4 heteroatoms. The molecule has 3 aromatic rings. The van der Waals surface area contributed by atoms with Gasteiger partial charge in [0.05, 0.1) is 21.3 Å². The quantitative estimate of drug-likeness (QED) is 0.444. The summed E-state index contributed by atoms with van der Waals surface area (Å²) < 4.78 is 16.2. The van der Waals surface area contributed by atoms with Gasteiger partial charge in [-0.15, -0.1) is 0 Å². The first-order valence-corrected chi connectivity index (χ1v) is 8.59. The molecule has 0 bridgehead atoms. The second-order valence-corrected chi connectivity index (χ2v) is 6.10. The number of hydrogen-bond donors (Lipinski definition) is 0. The number of Topliss-reactive ketones (excluding diaryl/α,β-unsaturated/α-hetero) is 1. The Bertz CT molecular complexity index is 993. The second kappa shape index (κ2) is 7.96. The first-order chi connectivity index (χ1) is 13.1. The van der Waals surface area contributed by atoms with Gasteiger partial charge in [-0.2, -0.15) is 0 Å². The Hall–Kier alpha value is -3.27. The van der Waals surface area contributed by atoms with Crippen molar-refractivity contribution in [2.75, 3.05) is 21.3 Å². The number of hydrogen-bond acceptors (Lipinski definition) is 4. The number of rotatable bonds is 6. The maximum Gasteiger partial charge on any atom is 0.203 e. The minimum absolute atomic E-state index is 0.0614. The lowest BCUT2D eigenvalue weighted by Crippen LogP contribution is -1.95. The molecule has 0 amide bonds. The molecule has 0 radical (unpaired) electrons. The molecule has 0 spiro atoms. The third kappa shape index (κ3) is 3.65. The number of carbonyl (C=O) groups excluding carboxylic acids is 1. The SMILES string of the molecule is COc1cc(/C=C/c2ccc(C(C)=O)c3ccccc23)cc(OC)c1OC. The van der Waals surface area contributed by atoms with E-state index in [-0.39, 0.29) is 5.78 Å². The number of fused-ring (bicyclic) bond motifs is 1. The third-order valence-corrected chi connectivity index (χ3v) is 4.48. The van der Waals surface area contributed by atoms with E-state index in [2.05, 4.69) is 0 Å². The summed E-state index contributed by atoms with van der Waals surface area (Å²) in [5, 5.41) is 1.99. The molecule has 0 unspecified atom stereocenters. The van der Waals surface area contributed by atoms with Crippen LogP contribution in [0.3, 0.4) is 0 Å². The minimum Gasteiger partial charge on any atom is -0.493 e. The van der Waals surface area contributed by atoms with Crippen molar-refractivity contribution >= 4 is 28.7 Å². The van der Waals surface area contributed by atoms with E-state index in [0.717, 1.165) is 27.5 Å². The molecule has 0 aliphatic rings. The molecule has 3 aromatic carbocycles. The molecule has 138 valence electrons. The van der Waals surface area contributed by atoms with Crippen LogP contribution in [-0.2, 0) is 0 Å². The van der Waals surface area contributed by atoms with Gasteiger partial charge in [0.25, 0.3) is 0 Å². The Morgan fingerprint density at radius 1 is 0.815 bits per heavy atom. The molecule has 0 aliphatic heterocycles. The van der Waals surface area contributed by atoms with E-state index in [0.29, 0.717) is 17.2 Å². The normalized spacial score (nSPS) is 11.0. The maximum atomic E-state index is 11.9. The highest BCUT2D eigenvalue weighted by Gasteiger charge is 2.12. The molecule has 3 rings (SSSR count). The van der Waals surface area contributed by atoms with Crippen LogP contribution in [0.25, 0.3) is 22.9 Å². The van der Waals surface area contributed by atoms with Crippen LogP contribution in [0.4, 0.5) is 0 Å². The van der Waals surface area contributed by atoms with Gasteiger partial charge >= 0.3 is 0 Å². The van der Waals surface area contributed by atoms with E-state index in [9.17, 15) is 4.79 Å². The van der Waals surface area contributed by atoms with Gasteiger partial charge in [0.1, 0.15) is 0 Å². The van der Waals surface area contributed by atoms with Crippen LogP contribution in [0.5, 0.6) is 17.2 Å². The molecule has 0 fully saturated rings. The number of ether oxygens (including phenoxy) is 3. The van der Waals surface area contributed by atoms with Crippen molar-refractivity contribution in [3.05, 3.63) is 65.2 Å². The van der Waals surface area contributed by atoms with Crippen molar-refractivity contribution in [3.8, 4) is 17.2 Å². The molecule has 27 heavy (non-hydrogen) atoms. The van der Waals surface area contributed by atoms with Crippen LogP contribution in [0, 0.1) is 0 Å². The summed E-state index contributed by atoms with van der Waals surface area (Å²) in [6, 6.07) is 15.5. The number of ketones is 1. The van der Waals surface area contributed by atoms with Crippen molar-refractivity contribution in [2.24, 2.45) is 0 Å². The van der Waals surface area contributed by atoms with E-state index < -0.39 is 0 Å². The molecule has 0 N–H and O–H groups in total. The standard InChI is InChI=1S/C23H22O4/c1-15(24)18-12-11-17(19-7-5-6-8-20(18)19)10-9-16-13-21(25-2)23(27-4)22(14-16)26-3/h5-14H,1-4H3/b10-9+. The van der Waals surface area contributed by atoms with Gasteiger partial charge in [0.2, 0.25) is 5.75 Å². The monoisotopic (exact) mass is 362 g/mol. The van der Waals surface area contributed by atoms with Crippen molar-refractivity contribution in [1.29, 1.82) is 0 Å². The van der Waals surface area contributed by atoms with Crippen LogP contribution in [0.1, 0.15) is 28.4 Å². The number of methoxy groups -OCH3 is 3. The Morgan fingerprint density at radius 3 is 2.00 bits per heavy atom. The summed E-state index contributed by atoms with van der Waals surface area (Å²) in [7, 11) is 4.77. The fourth-order valence-electron chi connectivity index (χ4n) is 3.16. The Labute approximate surface area is 159 Å². The average Bonchev–Trinajstić information content (AvgIpc) is 2.70. The van der Waals surface area contributed by atoms with E-state index in [1.54, 1.807) is 28.3 Å². The van der Waals surface area contributed by atoms with E-state index in [1.807, 2.05) is 60.7 Å². The predicted molar refractivity (Wildman–Crippen MR) is 109 cm³/mol. The lowest BCUT2D eigenvalue weighted by molar-refractivity contribution is 0.101. The highest BCUT2D eigenvalue weighted by Crippen LogP contribution is 2.38. The summed E-state index contributed by atoms with van der Waals surface area (Å²) in [4.78, 5) is 11.9. The molecular formula is C23H22O4. The highest BCUT2D eigenvalue weighted by atomic mass is 16.5. The minimum atomic E-state index is 0.0614. The highest BCUT2D eigenvalue weighted by molar-refractivity contribution is 6.09. The molecule has 0 saturated heterocycles. The largest absolute Gasteiger partial charge is 0.493 e. The van der Waals surface area contributed by atoms with Gasteiger partial charge in [-0.25, -0.2) is 0 Å². The van der Waals surface area contributed by atoms with Crippen LogP contribution < -0.4 is 14.2 Å². The van der Waals surface area contributed by atoms with Gasteiger partial charge in [0, 0.05) is 5.56 Å². The molecular weight excluding hydrogens is 340 g/mol. The summed E-state index contributed by atoms with van der Waals surface area (Å²) in [6.07, 6.45) is 4.01. The summed E-state index contributed by atoms with van der Waals surface area (Å²) in [6.45, 7) is 1.59. The lowest BCUT2D eigenvalue weighted by atomic mass is 9.97. The lowest BCUT2D eigenvalue weighted by Gasteiger charge is -2.13. The van der Waals surface area contributed by atoms with Crippen molar-refractivity contribution in [3.63, 3.8) is 0 Å². The number of carbonyl (C=O) groups is 1. The van der Waals surface area contributed by atoms with E-state index in [1.165, 1.54) is 0 Å². The molecule has 4 nitrogen and oxygen atoms in total. The van der Waals surface area contributed by atoms with Gasteiger partial charge in [-0.1, -0.05) is 48.6 Å². The van der Waals surface area contributed by atoms with Crippen LogP contribution in [0.15, 0.2) is 48.5 Å². The Balaban J connectivity index is 2.07. The van der Waals surface area contributed by atoms with Gasteiger partial charge in [-0.05, 0) is 41.0 Å². The van der Waals surface area contributed by atoms with Crippen LogP contribution in [-0.4, -0.2) is 27.1 Å². The Kier molecular flexibility index (Phi) is 5.46. The Morgan fingerprint density at radius 2 is 1.44 bits per heavy atom. The molecule has 0 atom stereocenters. The molecule has 0 aliphatic carbocycles. The average molecular weight is 362 g/mol. The molecule has 0 saturated carbocycles. The van der Waals surface area contributed by atoms with E-state index >= 15 is 0 Å². The second-order valence-electron chi connectivity index (χ2n) is 6.10.